The second kappa shape index (κ2) is 10.9. The van der Waals surface area contributed by atoms with E-state index in [4.69, 9.17) is 16.3 Å². The molecule has 1 amide bonds. The predicted octanol–water partition coefficient (Wildman–Crippen LogP) is 6.11. The summed E-state index contributed by atoms with van der Waals surface area (Å²) in [7, 11) is 0. The first-order valence-corrected chi connectivity index (χ1v) is 11.9. The van der Waals surface area contributed by atoms with Crippen LogP contribution in [0.5, 0.6) is 11.8 Å². The van der Waals surface area contributed by atoms with Crippen LogP contribution in [-0.2, 0) is 11.3 Å². The van der Waals surface area contributed by atoms with Crippen molar-refractivity contribution in [2.75, 3.05) is 6.61 Å². The van der Waals surface area contributed by atoms with E-state index in [-0.39, 0.29) is 23.2 Å². The van der Waals surface area contributed by atoms with Crippen LogP contribution in [0.1, 0.15) is 38.8 Å². The summed E-state index contributed by atoms with van der Waals surface area (Å²) in [6, 6.07) is 9.63. The number of ether oxygens (including phenoxy) is 1. The summed E-state index contributed by atoms with van der Waals surface area (Å²) >= 11 is 6.43. The van der Waals surface area contributed by atoms with E-state index in [9.17, 15) is 23.1 Å². The number of aromatic hydroxyl groups is 1. The summed E-state index contributed by atoms with van der Waals surface area (Å²) < 4.78 is 45.3. The SMILES string of the molecule is Cc1c(CNC(=O)C(C)(C)C(F)(F)F)ccc(Cl)c1-c1nc(O)nc(-c2ccc(OCC(C)C)cc2)n1. The van der Waals surface area contributed by atoms with Gasteiger partial charge in [0.25, 0.3) is 0 Å². The van der Waals surface area contributed by atoms with E-state index in [0.29, 0.717) is 40.5 Å². The van der Waals surface area contributed by atoms with E-state index in [1.54, 1.807) is 37.3 Å². The molecule has 0 aliphatic heterocycles. The molecule has 0 bridgehead atoms. The van der Waals surface area contributed by atoms with Gasteiger partial charge in [-0.25, -0.2) is 4.98 Å². The summed E-state index contributed by atoms with van der Waals surface area (Å²) in [6.45, 7) is 7.81. The number of amides is 1. The molecule has 0 saturated heterocycles. The number of alkyl halides is 3. The molecule has 11 heteroatoms. The standard InChI is InChI=1S/C26H28ClF3N4O3/c1-14(2)13-37-18-9-6-16(7-10-18)21-32-22(34-24(36)33-21)20-15(3)17(8-11-19(20)27)12-31-23(35)25(4,5)26(28,29)30/h6-11,14H,12-13H2,1-5H3,(H,31,35)(H,32,33,34,36). The van der Waals surface area contributed by atoms with Crippen molar-refractivity contribution in [1.29, 1.82) is 0 Å². The normalized spacial score (nSPS) is 12.1. The summed E-state index contributed by atoms with van der Waals surface area (Å²) in [5.74, 6) is 0.166. The van der Waals surface area contributed by atoms with Crippen molar-refractivity contribution < 1.29 is 27.8 Å². The number of benzene rings is 2. The zero-order valence-electron chi connectivity index (χ0n) is 21.1. The fourth-order valence-corrected chi connectivity index (χ4v) is 3.57. The molecule has 7 nitrogen and oxygen atoms in total. The van der Waals surface area contributed by atoms with Crippen LogP contribution in [0.3, 0.4) is 0 Å². The van der Waals surface area contributed by atoms with Crippen LogP contribution in [0.15, 0.2) is 36.4 Å². The van der Waals surface area contributed by atoms with Crippen molar-refractivity contribution in [3.8, 4) is 34.5 Å². The van der Waals surface area contributed by atoms with Gasteiger partial charge in [0.05, 0.1) is 11.6 Å². The maximum atomic E-state index is 13.2. The molecule has 198 valence electrons. The van der Waals surface area contributed by atoms with Crippen molar-refractivity contribution >= 4 is 17.5 Å². The Kier molecular flexibility index (Phi) is 8.32. The van der Waals surface area contributed by atoms with Crippen LogP contribution >= 0.6 is 11.6 Å². The zero-order chi connectivity index (χ0) is 27.5. The minimum absolute atomic E-state index is 0.0777. The molecule has 1 heterocycles. The molecule has 1 aromatic heterocycles. The predicted molar refractivity (Wildman–Crippen MR) is 134 cm³/mol. The number of nitrogens with zero attached hydrogens (tertiary/aromatic N) is 3. The van der Waals surface area contributed by atoms with Gasteiger partial charge in [0, 0.05) is 17.7 Å². The van der Waals surface area contributed by atoms with Gasteiger partial charge in [0.15, 0.2) is 11.6 Å². The largest absolute Gasteiger partial charge is 0.493 e. The van der Waals surface area contributed by atoms with Crippen LogP contribution in [-0.4, -0.2) is 38.7 Å². The smallest absolute Gasteiger partial charge is 0.402 e. The van der Waals surface area contributed by atoms with Crippen LogP contribution < -0.4 is 10.1 Å². The quantitative estimate of drug-likeness (QED) is 0.360. The summed E-state index contributed by atoms with van der Waals surface area (Å²) in [4.78, 5) is 24.7. The third-order valence-corrected chi connectivity index (χ3v) is 6.10. The third kappa shape index (κ3) is 6.49. The van der Waals surface area contributed by atoms with E-state index >= 15 is 0 Å². The van der Waals surface area contributed by atoms with Gasteiger partial charge in [0.2, 0.25) is 5.91 Å². The number of aromatic nitrogens is 3. The number of nitrogens with one attached hydrogen (secondary N) is 1. The maximum Gasteiger partial charge on any atom is 0.402 e. The van der Waals surface area contributed by atoms with Crippen molar-refractivity contribution in [2.45, 2.75) is 47.3 Å². The van der Waals surface area contributed by atoms with E-state index in [2.05, 4.69) is 20.3 Å². The molecule has 0 atom stereocenters. The number of hydrogen-bond acceptors (Lipinski definition) is 6. The van der Waals surface area contributed by atoms with Crippen LogP contribution in [0.25, 0.3) is 22.8 Å². The molecule has 3 rings (SSSR count). The molecule has 0 radical (unpaired) electrons. The van der Waals surface area contributed by atoms with E-state index in [1.807, 2.05) is 13.8 Å². The number of rotatable bonds is 8. The number of hydrogen-bond donors (Lipinski definition) is 2. The molecule has 2 N–H and O–H groups in total. The van der Waals surface area contributed by atoms with Crippen LogP contribution in [0, 0.1) is 18.3 Å². The molecule has 0 aliphatic carbocycles. The topological polar surface area (TPSA) is 97.2 Å². The van der Waals surface area contributed by atoms with Gasteiger partial charge in [-0.15, -0.1) is 0 Å². The Balaban J connectivity index is 1.91. The van der Waals surface area contributed by atoms with E-state index < -0.39 is 23.5 Å². The second-order valence-electron chi connectivity index (χ2n) is 9.52. The fourth-order valence-electron chi connectivity index (χ4n) is 3.28. The molecule has 0 aliphatic rings. The van der Waals surface area contributed by atoms with Crippen molar-refractivity contribution in [3.63, 3.8) is 0 Å². The van der Waals surface area contributed by atoms with Gasteiger partial charge < -0.3 is 15.2 Å². The number of carbonyl (C=O) groups excluding carboxylic acids is 1. The lowest BCUT2D eigenvalue weighted by molar-refractivity contribution is -0.211. The van der Waals surface area contributed by atoms with Crippen molar-refractivity contribution in [2.24, 2.45) is 11.3 Å². The van der Waals surface area contributed by atoms with Gasteiger partial charge in [-0.05, 0) is 68.1 Å². The highest BCUT2D eigenvalue weighted by Gasteiger charge is 2.52. The highest BCUT2D eigenvalue weighted by molar-refractivity contribution is 6.33. The fraction of sp³-hybridized carbons (Fsp3) is 0.385. The summed E-state index contributed by atoms with van der Waals surface area (Å²) in [5.41, 5.74) is -0.548. The Hall–Kier alpha value is -3.40. The van der Waals surface area contributed by atoms with E-state index in [1.165, 1.54) is 6.07 Å². The Labute approximate surface area is 218 Å². The third-order valence-electron chi connectivity index (χ3n) is 5.79. The molecule has 2 aromatic carbocycles. The molecule has 0 unspecified atom stereocenters. The highest BCUT2D eigenvalue weighted by atomic mass is 35.5. The lowest BCUT2D eigenvalue weighted by atomic mass is 9.91. The molecular formula is C26H28ClF3N4O3. The first-order chi connectivity index (χ1) is 17.2. The van der Waals surface area contributed by atoms with Crippen molar-refractivity contribution in [3.05, 3.63) is 52.5 Å². The average Bonchev–Trinajstić information content (AvgIpc) is 2.81. The molecule has 0 saturated carbocycles. The molecule has 3 aromatic rings. The minimum Gasteiger partial charge on any atom is -0.493 e. The molecular weight excluding hydrogens is 509 g/mol. The Morgan fingerprint density at radius 1 is 1.05 bits per heavy atom. The molecule has 0 fully saturated rings. The second-order valence-corrected chi connectivity index (χ2v) is 9.93. The first kappa shape index (κ1) is 28.2. The molecule has 0 spiro atoms. The zero-order valence-corrected chi connectivity index (χ0v) is 21.8. The lowest BCUT2D eigenvalue weighted by Gasteiger charge is -2.26. The Morgan fingerprint density at radius 2 is 1.68 bits per heavy atom. The van der Waals surface area contributed by atoms with Gasteiger partial charge in [0.1, 0.15) is 11.2 Å². The maximum absolute atomic E-state index is 13.2. The van der Waals surface area contributed by atoms with Crippen LogP contribution in [0.2, 0.25) is 5.02 Å². The summed E-state index contributed by atoms with van der Waals surface area (Å²) in [6.07, 6.45) is -4.70. The van der Waals surface area contributed by atoms with E-state index in [0.717, 1.165) is 13.8 Å². The monoisotopic (exact) mass is 536 g/mol. The average molecular weight is 537 g/mol. The lowest BCUT2D eigenvalue weighted by Crippen LogP contribution is -2.46. The summed E-state index contributed by atoms with van der Waals surface area (Å²) in [5, 5.41) is 12.8. The van der Waals surface area contributed by atoms with Gasteiger partial charge >= 0.3 is 12.2 Å². The number of halogens is 4. The highest BCUT2D eigenvalue weighted by Crippen LogP contribution is 2.38. The van der Waals surface area contributed by atoms with Crippen molar-refractivity contribution in [1.82, 2.24) is 20.3 Å². The van der Waals surface area contributed by atoms with Crippen LogP contribution in [0.4, 0.5) is 13.2 Å². The first-order valence-electron chi connectivity index (χ1n) is 11.5. The van der Waals surface area contributed by atoms with Gasteiger partial charge in [-0.3, -0.25) is 4.79 Å². The Bertz CT molecular complexity index is 1280. The number of carbonyl (C=O) groups is 1. The van der Waals surface area contributed by atoms with Gasteiger partial charge in [-0.2, -0.15) is 23.1 Å². The minimum atomic E-state index is -4.70. The molecule has 37 heavy (non-hydrogen) atoms. The Morgan fingerprint density at radius 3 is 2.27 bits per heavy atom. The van der Waals surface area contributed by atoms with Gasteiger partial charge in [-0.1, -0.05) is 31.5 Å².